The van der Waals surface area contributed by atoms with E-state index in [1.807, 2.05) is 0 Å². The Balaban J connectivity index is 2.66. The van der Waals surface area contributed by atoms with Gasteiger partial charge in [-0.1, -0.05) is 25.4 Å². The molecule has 0 aliphatic heterocycles. The molecule has 0 aromatic carbocycles. The van der Waals surface area contributed by atoms with Crippen LogP contribution in [0, 0.1) is 5.92 Å². The van der Waals surface area contributed by atoms with Gasteiger partial charge in [-0.15, -0.1) is 22.9 Å². The normalized spacial score (nSPS) is 10.8. The van der Waals surface area contributed by atoms with Crippen molar-refractivity contribution in [3.05, 3.63) is 15.5 Å². The first-order valence-electron chi connectivity index (χ1n) is 4.97. The van der Waals surface area contributed by atoms with Crippen LogP contribution < -0.4 is 0 Å². The van der Waals surface area contributed by atoms with Crippen LogP contribution in [0.5, 0.6) is 0 Å². The largest absolute Gasteiger partial charge is 0.336 e. The minimum atomic E-state index is -0.0557. The molecule has 0 fully saturated rings. The van der Waals surface area contributed by atoms with Gasteiger partial charge in [0.25, 0.3) is 0 Å². The van der Waals surface area contributed by atoms with Gasteiger partial charge in [-0.3, -0.25) is 4.79 Å². The zero-order chi connectivity index (χ0) is 12.1. The summed E-state index contributed by atoms with van der Waals surface area (Å²) in [6, 6.07) is 0. The number of carbonyl (C=O) groups excluding carboxylic acids is 1. The second kappa shape index (κ2) is 6.42. The van der Waals surface area contributed by atoms with E-state index in [0.29, 0.717) is 23.5 Å². The second-order valence-electron chi connectivity index (χ2n) is 3.88. The summed E-state index contributed by atoms with van der Waals surface area (Å²) in [7, 11) is 0. The molecule has 3 nitrogen and oxygen atoms in total. The van der Waals surface area contributed by atoms with E-state index in [4.69, 9.17) is 23.2 Å². The van der Waals surface area contributed by atoms with Crippen molar-refractivity contribution in [3.8, 4) is 0 Å². The van der Waals surface area contributed by atoms with Crippen LogP contribution in [0.4, 0.5) is 0 Å². The van der Waals surface area contributed by atoms with E-state index in [9.17, 15) is 4.79 Å². The topological polar surface area (TPSA) is 33.2 Å². The van der Waals surface area contributed by atoms with Gasteiger partial charge in [-0.25, -0.2) is 4.98 Å². The third-order valence-corrected chi connectivity index (χ3v) is 3.25. The molecule has 1 heterocycles. The predicted molar refractivity (Wildman–Crippen MR) is 68.1 cm³/mol. The molecule has 90 valence electrons. The summed E-state index contributed by atoms with van der Waals surface area (Å²) >= 11 is 12.7. The minimum Gasteiger partial charge on any atom is -0.336 e. The average Bonchev–Trinajstić information content (AvgIpc) is 2.61. The highest BCUT2D eigenvalue weighted by Crippen LogP contribution is 2.20. The monoisotopic (exact) mass is 280 g/mol. The van der Waals surface area contributed by atoms with Gasteiger partial charge in [0.1, 0.15) is 5.88 Å². The molecule has 0 aliphatic rings. The van der Waals surface area contributed by atoms with Gasteiger partial charge in [0, 0.05) is 17.6 Å². The molecule has 0 saturated carbocycles. The molecular formula is C10H14Cl2N2OS. The first-order chi connectivity index (χ1) is 7.52. The molecule has 0 atom stereocenters. The van der Waals surface area contributed by atoms with E-state index in [1.54, 1.807) is 11.1 Å². The molecule has 0 N–H and O–H groups in total. The lowest BCUT2D eigenvalue weighted by Crippen LogP contribution is -2.34. The molecule has 16 heavy (non-hydrogen) atoms. The highest BCUT2D eigenvalue weighted by Gasteiger charge is 2.15. The standard InChI is InChI=1S/C10H14Cl2N2OS/c1-7(2)5-14(9(15)3-11)6-8-4-13-10(12)16-8/h4,7H,3,5-6H2,1-2H3. The lowest BCUT2D eigenvalue weighted by molar-refractivity contribution is -0.129. The van der Waals surface area contributed by atoms with Crippen LogP contribution in [-0.4, -0.2) is 28.2 Å². The van der Waals surface area contributed by atoms with Crippen molar-refractivity contribution in [3.63, 3.8) is 0 Å². The molecule has 6 heteroatoms. The fraction of sp³-hybridized carbons (Fsp3) is 0.600. The summed E-state index contributed by atoms with van der Waals surface area (Å²) in [6.45, 7) is 5.36. The van der Waals surface area contributed by atoms with E-state index < -0.39 is 0 Å². The van der Waals surface area contributed by atoms with E-state index in [1.165, 1.54) is 11.3 Å². The third-order valence-electron chi connectivity index (χ3n) is 1.92. The maximum absolute atomic E-state index is 11.6. The molecule has 0 unspecified atom stereocenters. The highest BCUT2D eigenvalue weighted by atomic mass is 35.5. The van der Waals surface area contributed by atoms with E-state index in [0.717, 1.165) is 4.88 Å². The number of hydrogen-bond acceptors (Lipinski definition) is 3. The first-order valence-corrected chi connectivity index (χ1v) is 6.69. The van der Waals surface area contributed by atoms with Crippen molar-refractivity contribution in [1.29, 1.82) is 0 Å². The number of carbonyl (C=O) groups is 1. The third kappa shape index (κ3) is 4.28. The summed E-state index contributed by atoms with van der Waals surface area (Å²) in [5.74, 6) is 0.370. The Kier molecular flexibility index (Phi) is 5.52. The number of hydrogen-bond donors (Lipinski definition) is 0. The van der Waals surface area contributed by atoms with E-state index in [2.05, 4.69) is 18.8 Å². The zero-order valence-electron chi connectivity index (χ0n) is 9.24. The molecule has 0 aliphatic carbocycles. The quantitative estimate of drug-likeness (QED) is 0.777. The van der Waals surface area contributed by atoms with Crippen molar-refractivity contribution in [2.24, 2.45) is 5.92 Å². The Morgan fingerprint density at radius 3 is 2.75 bits per heavy atom. The van der Waals surface area contributed by atoms with Crippen molar-refractivity contribution in [1.82, 2.24) is 9.88 Å². The summed E-state index contributed by atoms with van der Waals surface area (Å²) < 4.78 is 0.498. The first kappa shape index (κ1) is 13.7. The van der Waals surface area contributed by atoms with Gasteiger partial charge >= 0.3 is 0 Å². The lowest BCUT2D eigenvalue weighted by Gasteiger charge is -2.22. The molecule has 0 spiro atoms. The van der Waals surface area contributed by atoms with Crippen LogP contribution in [-0.2, 0) is 11.3 Å². The molecule has 0 saturated heterocycles. The highest BCUT2D eigenvalue weighted by molar-refractivity contribution is 7.15. The smallest absolute Gasteiger partial charge is 0.237 e. The SMILES string of the molecule is CC(C)CN(Cc1cnc(Cl)s1)C(=O)CCl. The van der Waals surface area contributed by atoms with Gasteiger partial charge in [0.05, 0.1) is 6.54 Å². The van der Waals surface area contributed by atoms with Gasteiger partial charge in [-0.05, 0) is 5.92 Å². The molecule has 1 aromatic rings. The molecule has 1 amide bonds. The Morgan fingerprint density at radius 1 is 1.62 bits per heavy atom. The van der Waals surface area contributed by atoms with Crippen molar-refractivity contribution >= 4 is 40.4 Å². The number of thiazole rings is 1. The Labute approximate surface area is 109 Å². The molecule has 0 bridgehead atoms. The van der Waals surface area contributed by atoms with Crippen molar-refractivity contribution in [2.75, 3.05) is 12.4 Å². The van der Waals surface area contributed by atoms with Crippen LogP contribution in [0.2, 0.25) is 4.47 Å². The summed E-state index contributed by atoms with van der Waals surface area (Å²) in [6.07, 6.45) is 1.70. The number of alkyl halides is 1. The summed E-state index contributed by atoms with van der Waals surface area (Å²) in [5, 5.41) is 0. The lowest BCUT2D eigenvalue weighted by atomic mass is 10.2. The van der Waals surface area contributed by atoms with Crippen LogP contribution in [0.3, 0.4) is 0 Å². The fourth-order valence-corrected chi connectivity index (χ4v) is 2.49. The fourth-order valence-electron chi connectivity index (χ4n) is 1.32. The van der Waals surface area contributed by atoms with Gasteiger partial charge in [-0.2, -0.15) is 0 Å². The van der Waals surface area contributed by atoms with Gasteiger partial charge < -0.3 is 4.90 Å². The molecule has 1 rings (SSSR count). The van der Waals surface area contributed by atoms with Gasteiger partial charge in [0.2, 0.25) is 5.91 Å². The Morgan fingerprint density at radius 2 is 2.31 bits per heavy atom. The Bertz CT molecular complexity index is 354. The van der Waals surface area contributed by atoms with Crippen LogP contribution in [0.25, 0.3) is 0 Å². The number of nitrogens with zero attached hydrogens (tertiary/aromatic N) is 2. The number of rotatable bonds is 5. The summed E-state index contributed by atoms with van der Waals surface area (Å²) in [5.41, 5.74) is 0. The maximum Gasteiger partial charge on any atom is 0.237 e. The minimum absolute atomic E-state index is 0.0132. The number of amides is 1. The van der Waals surface area contributed by atoms with Gasteiger partial charge in [0.15, 0.2) is 4.47 Å². The predicted octanol–water partition coefficient (Wildman–Crippen LogP) is 3.02. The van der Waals surface area contributed by atoms with Crippen LogP contribution >= 0.6 is 34.5 Å². The van der Waals surface area contributed by atoms with Crippen molar-refractivity contribution in [2.45, 2.75) is 20.4 Å². The molecular weight excluding hydrogens is 267 g/mol. The molecule has 0 radical (unpaired) electrons. The van der Waals surface area contributed by atoms with E-state index >= 15 is 0 Å². The zero-order valence-corrected chi connectivity index (χ0v) is 11.6. The van der Waals surface area contributed by atoms with Crippen LogP contribution in [0.1, 0.15) is 18.7 Å². The van der Waals surface area contributed by atoms with Crippen molar-refractivity contribution < 1.29 is 4.79 Å². The molecule has 1 aromatic heterocycles. The van der Waals surface area contributed by atoms with E-state index in [-0.39, 0.29) is 11.8 Å². The summed E-state index contributed by atoms with van der Waals surface area (Å²) in [4.78, 5) is 18.3. The second-order valence-corrected chi connectivity index (χ2v) is 5.85. The Hall–Kier alpha value is -0.320. The number of halogens is 2. The maximum atomic E-state index is 11.6. The van der Waals surface area contributed by atoms with Crippen LogP contribution in [0.15, 0.2) is 6.20 Å². The number of aromatic nitrogens is 1. The average molecular weight is 281 g/mol.